The molecule has 1 aromatic carbocycles. The van der Waals surface area contributed by atoms with Gasteiger partial charge in [0.15, 0.2) is 5.96 Å². The average Bonchev–Trinajstić information content (AvgIpc) is 2.38. The molecule has 0 aliphatic heterocycles. The number of nitrogens with zero attached hydrogens (tertiary/aromatic N) is 2. The molecule has 6 heteroatoms. The van der Waals surface area contributed by atoms with Crippen molar-refractivity contribution in [3.05, 3.63) is 35.4 Å². The van der Waals surface area contributed by atoms with Gasteiger partial charge in [-0.25, -0.2) is 4.99 Å². The molecule has 0 fully saturated rings. The summed E-state index contributed by atoms with van der Waals surface area (Å²) in [4.78, 5) is 17.2. The zero-order valence-corrected chi connectivity index (χ0v) is 13.6. The van der Waals surface area contributed by atoms with Crippen LogP contribution in [0.25, 0.3) is 0 Å². The fourth-order valence-electron chi connectivity index (χ4n) is 1.59. The summed E-state index contributed by atoms with van der Waals surface area (Å²) in [5.74, 6) is 0.117. The normalized spacial score (nSPS) is 10.7. The van der Waals surface area contributed by atoms with Crippen molar-refractivity contribution >= 4 is 35.8 Å². The van der Waals surface area contributed by atoms with Crippen LogP contribution in [-0.4, -0.2) is 29.9 Å². The van der Waals surface area contributed by atoms with Crippen molar-refractivity contribution in [2.24, 2.45) is 16.5 Å². The summed E-state index contributed by atoms with van der Waals surface area (Å²) in [6.07, 6.45) is 0. The van der Waals surface area contributed by atoms with Crippen LogP contribution in [0, 0.1) is 0 Å². The minimum absolute atomic E-state index is 0. The Kier molecular flexibility index (Phi) is 8.13. The Bertz CT molecular complexity index is 427. The molecule has 0 bridgehead atoms. The lowest BCUT2D eigenvalue weighted by Gasteiger charge is -2.19. The molecule has 106 valence electrons. The van der Waals surface area contributed by atoms with Gasteiger partial charge in [0.1, 0.15) is 0 Å². The number of amides is 1. The molecule has 0 heterocycles. The smallest absolute Gasteiger partial charge is 0.248 e. The van der Waals surface area contributed by atoms with Crippen LogP contribution in [0.3, 0.4) is 0 Å². The molecule has 0 aliphatic carbocycles. The van der Waals surface area contributed by atoms with Crippen molar-refractivity contribution in [1.29, 1.82) is 0 Å². The Morgan fingerprint density at radius 3 is 2.11 bits per heavy atom. The third-order valence-corrected chi connectivity index (χ3v) is 2.75. The molecule has 0 aromatic heterocycles. The largest absolute Gasteiger partial charge is 0.370 e. The lowest BCUT2D eigenvalue weighted by atomic mass is 10.1. The molecule has 0 aliphatic rings. The minimum Gasteiger partial charge on any atom is -0.370 e. The monoisotopic (exact) mass is 376 g/mol. The van der Waals surface area contributed by atoms with Crippen molar-refractivity contribution < 1.29 is 4.79 Å². The molecular formula is C13H21IN4O. The fourth-order valence-corrected chi connectivity index (χ4v) is 1.59. The van der Waals surface area contributed by atoms with E-state index in [0.29, 0.717) is 18.1 Å². The van der Waals surface area contributed by atoms with E-state index in [1.807, 2.05) is 30.9 Å². The first-order valence-electron chi connectivity index (χ1n) is 6.02. The van der Waals surface area contributed by atoms with Crippen LogP contribution in [0.2, 0.25) is 0 Å². The predicted octanol–water partition coefficient (Wildman–Crippen LogP) is 1.56. The summed E-state index contributed by atoms with van der Waals surface area (Å²) >= 11 is 0. The Labute approximate surface area is 131 Å². The molecule has 4 N–H and O–H groups in total. The van der Waals surface area contributed by atoms with Gasteiger partial charge in [0.05, 0.1) is 6.54 Å². The van der Waals surface area contributed by atoms with E-state index in [1.165, 1.54) is 0 Å². The summed E-state index contributed by atoms with van der Waals surface area (Å²) in [6, 6.07) is 7.06. The fraction of sp³-hybridized carbons (Fsp3) is 0.385. The molecule has 0 saturated carbocycles. The summed E-state index contributed by atoms with van der Waals surface area (Å²) in [6.45, 7) is 6.25. The van der Waals surface area contributed by atoms with E-state index in [4.69, 9.17) is 11.5 Å². The molecule has 1 aromatic rings. The number of benzene rings is 1. The molecule has 5 nitrogen and oxygen atoms in total. The molecule has 0 saturated heterocycles. The van der Waals surface area contributed by atoms with Crippen molar-refractivity contribution in [3.8, 4) is 0 Å². The number of nitrogens with two attached hydrogens (primary N) is 2. The topological polar surface area (TPSA) is 84.7 Å². The maximum Gasteiger partial charge on any atom is 0.248 e. The van der Waals surface area contributed by atoms with Gasteiger partial charge in [-0.3, -0.25) is 4.79 Å². The number of guanidine groups is 1. The maximum absolute atomic E-state index is 10.9. The highest BCUT2D eigenvalue weighted by Gasteiger charge is 2.02. The molecule has 0 spiro atoms. The Morgan fingerprint density at radius 1 is 1.16 bits per heavy atom. The Hall–Kier alpha value is -1.31. The van der Waals surface area contributed by atoms with Crippen LogP contribution in [0.4, 0.5) is 0 Å². The lowest BCUT2D eigenvalue weighted by Crippen LogP contribution is -2.37. The van der Waals surface area contributed by atoms with Gasteiger partial charge in [-0.1, -0.05) is 12.1 Å². The molecule has 0 unspecified atom stereocenters. The van der Waals surface area contributed by atoms with E-state index in [0.717, 1.165) is 18.7 Å². The summed E-state index contributed by atoms with van der Waals surface area (Å²) in [5, 5.41) is 0. The van der Waals surface area contributed by atoms with Gasteiger partial charge in [0.2, 0.25) is 5.91 Å². The van der Waals surface area contributed by atoms with Gasteiger partial charge < -0.3 is 16.4 Å². The van der Waals surface area contributed by atoms with Gasteiger partial charge >= 0.3 is 0 Å². The van der Waals surface area contributed by atoms with Gasteiger partial charge in [0, 0.05) is 18.7 Å². The van der Waals surface area contributed by atoms with Crippen LogP contribution < -0.4 is 11.5 Å². The lowest BCUT2D eigenvalue weighted by molar-refractivity contribution is 0.100. The first-order chi connectivity index (χ1) is 8.58. The van der Waals surface area contributed by atoms with Crippen molar-refractivity contribution in [2.45, 2.75) is 20.4 Å². The second kappa shape index (κ2) is 8.73. The van der Waals surface area contributed by atoms with Crippen molar-refractivity contribution in [1.82, 2.24) is 4.90 Å². The third-order valence-electron chi connectivity index (χ3n) is 2.75. The van der Waals surface area contributed by atoms with Crippen LogP contribution >= 0.6 is 24.0 Å². The number of carbonyl (C=O) groups is 1. The van der Waals surface area contributed by atoms with E-state index >= 15 is 0 Å². The number of aliphatic imine (C=N–C) groups is 1. The number of rotatable bonds is 5. The van der Waals surface area contributed by atoms with Gasteiger partial charge in [-0.2, -0.15) is 0 Å². The van der Waals surface area contributed by atoms with Crippen molar-refractivity contribution in [3.63, 3.8) is 0 Å². The summed E-state index contributed by atoms with van der Waals surface area (Å²) in [5.41, 5.74) is 12.5. The Balaban J connectivity index is 0.00000324. The van der Waals surface area contributed by atoms with Gasteiger partial charge in [0.25, 0.3) is 0 Å². The minimum atomic E-state index is -0.423. The Morgan fingerprint density at radius 2 is 1.68 bits per heavy atom. The van der Waals surface area contributed by atoms with E-state index in [9.17, 15) is 4.79 Å². The molecule has 19 heavy (non-hydrogen) atoms. The zero-order valence-electron chi connectivity index (χ0n) is 11.3. The predicted molar refractivity (Wildman–Crippen MR) is 88.6 cm³/mol. The van der Waals surface area contributed by atoms with Gasteiger partial charge in [-0.05, 0) is 31.5 Å². The standard InChI is InChI=1S/C13H20N4O.HI/c1-3-17(4-2)13(15)16-9-10-5-7-11(8-6-10)12(14)18;/h5-8H,3-4,9H2,1-2H3,(H2,14,18)(H2,15,16);1H. The zero-order chi connectivity index (χ0) is 13.5. The molecular weight excluding hydrogens is 355 g/mol. The number of primary amides is 1. The number of carbonyl (C=O) groups excluding carboxylic acids is 1. The van der Waals surface area contributed by atoms with E-state index in [-0.39, 0.29) is 24.0 Å². The maximum atomic E-state index is 10.9. The van der Waals surface area contributed by atoms with E-state index in [2.05, 4.69) is 4.99 Å². The van der Waals surface area contributed by atoms with E-state index < -0.39 is 5.91 Å². The van der Waals surface area contributed by atoms with Crippen LogP contribution in [0.5, 0.6) is 0 Å². The summed E-state index contributed by atoms with van der Waals surface area (Å²) < 4.78 is 0. The van der Waals surface area contributed by atoms with Crippen LogP contribution in [-0.2, 0) is 6.54 Å². The average molecular weight is 376 g/mol. The van der Waals surface area contributed by atoms with Crippen molar-refractivity contribution in [2.75, 3.05) is 13.1 Å². The SMILES string of the molecule is CCN(CC)C(N)=NCc1ccc(C(N)=O)cc1.I. The summed E-state index contributed by atoms with van der Waals surface area (Å²) in [7, 11) is 0. The number of hydrogen-bond acceptors (Lipinski definition) is 2. The quantitative estimate of drug-likeness (QED) is 0.465. The highest BCUT2D eigenvalue weighted by atomic mass is 127. The van der Waals surface area contributed by atoms with E-state index in [1.54, 1.807) is 12.1 Å². The van der Waals surface area contributed by atoms with Crippen LogP contribution in [0.15, 0.2) is 29.3 Å². The number of hydrogen-bond donors (Lipinski definition) is 2. The highest BCUT2D eigenvalue weighted by Crippen LogP contribution is 2.05. The molecule has 1 rings (SSSR count). The highest BCUT2D eigenvalue weighted by molar-refractivity contribution is 14.0. The molecule has 0 atom stereocenters. The van der Waals surface area contributed by atoms with Gasteiger partial charge in [-0.15, -0.1) is 24.0 Å². The second-order valence-electron chi connectivity index (χ2n) is 3.91. The molecule has 0 radical (unpaired) electrons. The van der Waals surface area contributed by atoms with Crippen LogP contribution in [0.1, 0.15) is 29.8 Å². The third kappa shape index (κ3) is 5.46. The first-order valence-corrected chi connectivity index (χ1v) is 6.02. The molecule has 1 amide bonds. The second-order valence-corrected chi connectivity index (χ2v) is 3.91. The first kappa shape index (κ1) is 17.7. The number of halogens is 1.